The zero-order valence-corrected chi connectivity index (χ0v) is 16.3. The first kappa shape index (κ1) is 18.6. The van der Waals surface area contributed by atoms with Crippen LogP contribution in [0.1, 0.15) is 32.0 Å². The van der Waals surface area contributed by atoms with Crippen molar-refractivity contribution in [3.8, 4) is 11.4 Å². The van der Waals surface area contributed by atoms with Crippen LogP contribution in [0, 0.1) is 0 Å². The summed E-state index contributed by atoms with van der Waals surface area (Å²) in [7, 11) is 0. The highest BCUT2D eigenvalue weighted by Gasteiger charge is 2.12. The Balaban J connectivity index is 1.49. The highest BCUT2D eigenvalue weighted by molar-refractivity contribution is 5.76. The molecular weight excluding hydrogens is 352 g/mol. The fourth-order valence-corrected chi connectivity index (χ4v) is 3.76. The third-order valence-electron chi connectivity index (χ3n) is 5.24. The maximum atomic E-state index is 13.0. The molecule has 0 saturated carbocycles. The van der Waals surface area contributed by atoms with Gasteiger partial charge in [0.2, 0.25) is 0 Å². The van der Waals surface area contributed by atoms with Gasteiger partial charge in [0.25, 0.3) is 5.56 Å². The minimum atomic E-state index is -0.0887. The number of hydrogen-bond donors (Lipinski definition) is 0. The molecule has 1 aromatic carbocycles. The van der Waals surface area contributed by atoms with Crippen LogP contribution in [0.25, 0.3) is 16.6 Å². The number of rotatable bonds is 7. The minimum absolute atomic E-state index is 0.0887. The summed E-state index contributed by atoms with van der Waals surface area (Å²) in [6.45, 7) is 6.25. The predicted octanol–water partition coefficient (Wildman–Crippen LogP) is 3.21. The zero-order chi connectivity index (χ0) is 19.3. The van der Waals surface area contributed by atoms with E-state index in [0.29, 0.717) is 23.9 Å². The van der Waals surface area contributed by atoms with Gasteiger partial charge in [-0.2, -0.15) is 0 Å². The number of ether oxygens (including phenoxy) is 1. The summed E-state index contributed by atoms with van der Waals surface area (Å²) in [6, 6.07) is 9.45. The van der Waals surface area contributed by atoms with Crippen LogP contribution in [-0.2, 0) is 6.42 Å². The molecule has 3 heterocycles. The first-order valence-corrected chi connectivity index (χ1v) is 10.1. The van der Waals surface area contributed by atoms with Crippen molar-refractivity contribution in [2.45, 2.75) is 32.6 Å². The van der Waals surface area contributed by atoms with Crippen LogP contribution >= 0.6 is 0 Å². The van der Waals surface area contributed by atoms with Crippen LogP contribution < -0.4 is 10.3 Å². The molecule has 3 aromatic rings. The van der Waals surface area contributed by atoms with E-state index >= 15 is 0 Å². The lowest BCUT2D eigenvalue weighted by Crippen LogP contribution is -2.23. The number of hydrogen-bond acceptors (Lipinski definition) is 5. The number of pyridine rings is 1. The first-order valence-electron chi connectivity index (χ1n) is 10.1. The van der Waals surface area contributed by atoms with E-state index in [2.05, 4.69) is 14.9 Å². The van der Waals surface area contributed by atoms with Gasteiger partial charge in [-0.05, 0) is 62.7 Å². The molecule has 0 unspecified atom stereocenters. The molecule has 0 spiro atoms. The summed E-state index contributed by atoms with van der Waals surface area (Å²) in [5.74, 6) is 1.56. The highest BCUT2D eigenvalue weighted by atomic mass is 16.5. The lowest BCUT2D eigenvalue weighted by Gasteiger charge is -2.15. The molecular formula is C22H26N4O2. The number of aryl methyl sites for hydroxylation is 1. The lowest BCUT2D eigenvalue weighted by atomic mass is 10.2. The van der Waals surface area contributed by atoms with Gasteiger partial charge in [0, 0.05) is 25.4 Å². The Morgan fingerprint density at radius 2 is 1.89 bits per heavy atom. The Hall–Kier alpha value is -2.73. The van der Waals surface area contributed by atoms with Gasteiger partial charge in [-0.3, -0.25) is 14.3 Å². The van der Waals surface area contributed by atoms with Crippen LogP contribution in [-0.4, -0.2) is 45.7 Å². The molecule has 28 heavy (non-hydrogen) atoms. The summed E-state index contributed by atoms with van der Waals surface area (Å²) in [4.78, 5) is 24.2. The van der Waals surface area contributed by atoms with Crippen molar-refractivity contribution >= 4 is 10.9 Å². The van der Waals surface area contributed by atoms with Crippen LogP contribution in [0.2, 0.25) is 0 Å². The Labute approximate surface area is 164 Å². The average molecular weight is 378 g/mol. The molecule has 0 aliphatic carbocycles. The van der Waals surface area contributed by atoms with Gasteiger partial charge < -0.3 is 9.64 Å². The molecule has 2 aromatic heterocycles. The Morgan fingerprint density at radius 3 is 2.64 bits per heavy atom. The second kappa shape index (κ2) is 8.52. The SMILES string of the molecule is CCc1nc2ccncc2c(=O)n1-c1ccc(OCCCN2CCCC2)cc1. The third-order valence-corrected chi connectivity index (χ3v) is 5.24. The topological polar surface area (TPSA) is 60.3 Å². The standard InChI is InChI=1S/C22H26N4O2/c1-2-21-24-20-10-11-23-16-19(20)22(27)26(21)17-6-8-18(9-7-17)28-15-5-14-25-12-3-4-13-25/h6-11,16H,2-5,12-15H2,1H3. The third kappa shape index (κ3) is 3.92. The summed E-state index contributed by atoms with van der Waals surface area (Å²) in [6.07, 6.45) is 7.58. The Bertz CT molecular complexity index is 992. The normalized spacial score (nSPS) is 14.6. The van der Waals surface area contributed by atoms with E-state index in [-0.39, 0.29) is 5.56 Å². The van der Waals surface area contributed by atoms with Gasteiger partial charge in [0.05, 0.1) is 23.2 Å². The molecule has 0 N–H and O–H groups in total. The molecule has 146 valence electrons. The molecule has 0 atom stereocenters. The van der Waals surface area contributed by atoms with Gasteiger partial charge in [-0.1, -0.05) is 6.92 Å². The van der Waals surface area contributed by atoms with Crippen LogP contribution in [0.3, 0.4) is 0 Å². The zero-order valence-electron chi connectivity index (χ0n) is 16.3. The van der Waals surface area contributed by atoms with Crippen molar-refractivity contribution in [3.05, 3.63) is 58.9 Å². The second-order valence-corrected chi connectivity index (χ2v) is 7.16. The fourth-order valence-electron chi connectivity index (χ4n) is 3.76. The molecule has 0 amide bonds. The summed E-state index contributed by atoms with van der Waals surface area (Å²) < 4.78 is 7.54. The quantitative estimate of drug-likeness (QED) is 0.591. The molecule has 0 radical (unpaired) electrons. The molecule has 1 saturated heterocycles. The van der Waals surface area contributed by atoms with Gasteiger partial charge in [0.15, 0.2) is 0 Å². The fraction of sp³-hybridized carbons (Fsp3) is 0.409. The number of likely N-dealkylation sites (tertiary alicyclic amines) is 1. The smallest absolute Gasteiger partial charge is 0.267 e. The summed E-state index contributed by atoms with van der Waals surface area (Å²) in [5, 5.41) is 0.530. The largest absolute Gasteiger partial charge is 0.494 e. The van der Waals surface area contributed by atoms with Gasteiger partial charge in [-0.25, -0.2) is 4.98 Å². The second-order valence-electron chi connectivity index (χ2n) is 7.16. The van der Waals surface area contributed by atoms with E-state index in [1.54, 1.807) is 23.0 Å². The first-order chi connectivity index (χ1) is 13.8. The Kier molecular flexibility index (Phi) is 5.67. The maximum absolute atomic E-state index is 13.0. The van der Waals surface area contributed by atoms with Crippen LogP contribution in [0.4, 0.5) is 0 Å². The number of fused-ring (bicyclic) bond motifs is 1. The van der Waals surface area contributed by atoms with E-state index in [0.717, 1.165) is 30.2 Å². The number of aromatic nitrogens is 3. The Morgan fingerprint density at radius 1 is 1.11 bits per heavy atom. The van der Waals surface area contributed by atoms with Crippen molar-refractivity contribution in [3.63, 3.8) is 0 Å². The lowest BCUT2D eigenvalue weighted by molar-refractivity contribution is 0.263. The number of nitrogens with zero attached hydrogens (tertiary/aromatic N) is 4. The maximum Gasteiger partial charge on any atom is 0.267 e. The van der Waals surface area contributed by atoms with Crippen molar-refractivity contribution in [1.82, 2.24) is 19.4 Å². The summed E-state index contributed by atoms with van der Waals surface area (Å²) >= 11 is 0. The minimum Gasteiger partial charge on any atom is -0.494 e. The molecule has 1 fully saturated rings. The van der Waals surface area contributed by atoms with Crippen molar-refractivity contribution in [2.75, 3.05) is 26.2 Å². The summed E-state index contributed by atoms with van der Waals surface area (Å²) in [5.41, 5.74) is 1.39. The van der Waals surface area contributed by atoms with Crippen molar-refractivity contribution in [1.29, 1.82) is 0 Å². The molecule has 6 nitrogen and oxygen atoms in total. The number of benzene rings is 1. The van der Waals surface area contributed by atoms with Gasteiger partial charge >= 0.3 is 0 Å². The average Bonchev–Trinajstić information content (AvgIpc) is 3.25. The predicted molar refractivity (Wildman–Crippen MR) is 110 cm³/mol. The van der Waals surface area contributed by atoms with E-state index < -0.39 is 0 Å². The highest BCUT2D eigenvalue weighted by Crippen LogP contribution is 2.17. The molecule has 6 heteroatoms. The van der Waals surface area contributed by atoms with E-state index in [1.165, 1.54) is 25.9 Å². The van der Waals surface area contributed by atoms with E-state index in [4.69, 9.17) is 4.74 Å². The van der Waals surface area contributed by atoms with E-state index in [9.17, 15) is 4.79 Å². The van der Waals surface area contributed by atoms with Gasteiger partial charge in [-0.15, -0.1) is 0 Å². The van der Waals surface area contributed by atoms with Crippen LogP contribution in [0.15, 0.2) is 47.5 Å². The molecule has 0 bridgehead atoms. The van der Waals surface area contributed by atoms with Crippen LogP contribution in [0.5, 0.6) is 5.75 Å². The monoisotopic (exact) mass is 378 g/mol. The molecule has 1 aliphatic rings. The molecule has 1 aliphatic heterocycles. The molecule has 4 rings (SSSR count). The van der Waals surface area contributed by atoms with Gasteiger partial charge in [0.1, 0.15) is 11.6 Å². The van der Waals surface area contributed by atoms with Crippen molar-refractivity contribution in [2.24, 2.45) is 0 Å². The van der Waals surface area contributed by atoms with E-state index in [1.807, 2.05) is 31.2 Å². The van der Waals surface area contributed by atoms with Crippen molar-refractivity contribution < 1.29 is 4.74 Å².